The highest BCUT2D eigenvalue weighted by Crippen LogP contribution is 2.25. The lowest BCUT2D eigenvalue weighted by Gasteiger charge is -2.19. The van der Waals surface area contributed by atoms with Crippen LogP contribution in [0.25, 0.3) is 10.1 Å². The van der Waals surface area contributed by atoms with Crippen LogP contribution in [0.1, 0.15) is 26.3 Å². The van der Waals surface area contributed by atoms with Gasteiger partial charge in [0.1, 0.15) is 11.4 Å². The molecule has 0 aliphatic heterocycles. The molecule has 1 aromatic carbocycles. The fourth-order valence-corrected chi connectivity index (χ4v) is 2.64. The van der Waals surface area contributed by atoms with Crippen LogP contribution in [0.2, 0.25) is 0 Å². The van der Waals surface area contributed by atoms with Crippen LogP contribution in [0, 0.1) is 5.82 Å². The Morgan fingerprint density at radius 2 is 2.10 bits per heavy atom. The quantitative estimate of drug-likeness (QED) is 0.925. The van der Waals surface area contributed by atoms with E-state index in [0.717, 1.165) is 4.70 Å². The van der Waals surface area contributed by atoms with Crippen LogP contribution in [-0.2, 0) is 11.2 Å². The molecule has 3 nitrogen and oxygen atoms in total. The Hall–Kier alpha value is -1.62. The number of halogens is 1. The second kappa shape index (κ2) is 5.79. The van der Waals surface area contributed by atoms with Crippen LogP contribution in [0.5, 0.6) is 0 Å². The smallest absolute Gasteiger partial charge is 0.407 e. The van der Waals surface area contributed by atoms with Crippen molar-refractivity contribution < 1.29 is 13.9 Å². The molecule has 1 amide bonds. The van der Waals surface area contributed by atoms with Crippen molar-refractivity contribution in [3.63, 3.8) is 0 Å². The normalized spacial score (nSPS) is 11.6. The molecule has 1 aromatic heterocycles. The summed E-state index contributed by atoms with van der Waals surface area (Å²) in [7, 11) is 0. The maximum Gasteiger partial charge on any atom is 0.407 e. The number of alkyl carbamates (subject to hydrolysis) is 1. The van der Waals surface area contributed by atoms with Gasteiger partial charge in [0.25, 0.3) is 0 Å². The van der Waals surface area contributed by atoms with Gasteiger partial charge in [-0.25, -0.2) is 9.18 Å². The lowest BCUT2D eigenvalue weighted by molar-refractivity contribution is 0.0528. The number of hydrogen-bond donors (Lipinski definition) is 1. The van der Waals surface area contributed by atoms with E-state index in [1.807, 2.05) is 11.4 Å². The highest BCUT2D eigenvalue weighted by molar-refractivity contribution is 7.17. The first kappa shape index (κ1) is 14.8. The predicted molar refractivity (Wildman–Crippen MR) is 79.7 cm³/mol. The minimum absolute atomic E-state index is 0.199. The molecule has 0 aliphatic rings. The molecule has 108 valence electrons. The van der Waals surface area contributed by atoms with Crippen molar-refractivity contribution in [2.45, 2.75) is 32.8 Å². The molecule has 0 spiro atoms. The fraction of sp³-hybridized carbons (Fsp3) is 0.400. The number of nitrogens with one attached hydrogen (secondary N) is 1. The van der Waals surface area contributed by atoms with Crippen LogP contribution in [0.15, 0.2) is 23.6 Å². The third-order valence-corrected chi connectivity index (χ3v) is 3.59. The fourth-order valence-electron chi connectivity index (χ4n) is 1.86. The SMILES string of the molecule is CC(C)(C)OC(=O)NCCc1ccc2sccc2c1F. The Kier molecular flexibility index (Phi) is 4.28. The molecule has 1 N–H and O–H groups in total. The topological polar surface area (TPSA) is 38.3 Å². The van der Waals surface area contributed by atoms with Crippen LogP contribution < -0.4 is 5.32 Å². The Morgan fingerprint density at radius 3 is 2.80 bits per heavy atom. The summed E-state index contributed by atoms with van der Waals surface area (Å²) < 4.78 is 20.2. The maximum atomic E-state index is 14.2. The van der Waals surface area contributed by atoms with Crippen LogP contribution in [0.4, 0.5) is 9.18 Å². The number of ether oxygens (including phenoxy) is 1. The summed E-state index contributed by atoms with van der Waals surface area (Å²) in [6, 6.07) is 5.46. The molecule has 0 radical (unpaired) electrons. The molecule has 0 aliphatic carbocycles. The second-order valence-electron chi connectivity index (χ2n) is 5.55. The minimum atomic E-state index is -0.523. The van der Waals surface area contributed by atoms with Crippen LogP contribution in [-0.4, -0.2) is 18.2 Å². The molecular formula is C15H18FNO2S. The van der Waals surface area contributed by atoms with E-state index in [-0.39, 0.29) is 5.82 Å². The first-order chi connectivity index (χ1) is 9.37. The predicted octanol–water partition coefficient (Wildman–Crippen LogP) is 4.11. The first-order valence-electron chi connectivity index (χ1n) is 6.48. The third kappa shape index (κ3) is 3.70. The average Bonchev–Trinajstić information content (AvgIpc) is 2.78. The van der Waals surface area contributed by atoms with Crippen molar-refractivity contribution >= 4 is 27.5 Å². The van der Waals surface area contributed by atoms with Gasteiger partial charge in [-0.05, 0) is 50.3 Å². The summed E-state index contributed by atoms with van der Waals surface area (Å²) in [6.07, 6.45) is -0.0360. The minimum Gasteiger partial charge on any atom is -0.444 e. The van der Waals surface area contributed by atoms with Gasteiger partial charge in [0.05, 0.1) is 0 Å². The summed E-state index contributed by atoms with van der Waals surface area (Å²) in [6.45, 7) is 5.76. The van der Waals surface area contributed by atoms with E-state index in [1.165, 1.54) is 11.3 Å². The van der Waals surface area contributed by atoms with E-state index in [1.54, 1.807) is 32.9 Å². The van der Waals surface area contributed by atoms with Crippen molar-refractivity contribution in [1.82, 2.24) is 5.32 Å². The molecule has 20 heavy (non-hydrogen) atoms. The Balaban J connectivity index is 1.93. The van der Waals surface area contributed by atoms with Gasteiger partial charge in [-0.1, -0.05) is 6.07 Å². The van der Waals surface area contributed by atoms with Gasteiger partial charge in [-0.15, -0.1) is 11.3 Å². The van der Waals surface area contributed by atoms with Gasteiger partial charge in [-0.3, -0.25) is 0 Å². The largest absolute Gasteiger partial charge is 0.444 e. The zero-order valence-corrected chi connectivity index (χ0v) is 12.6. The number of carbonyl (C=O) groups excluding carboxylic acids is 1. The summed E-state index contributed by atoms with van der Waals surface area (Å²) in [5.74, 6) is -0.199. The molecular weight excluding hydrogens is 277 g/mol. The number of rotatable bonds is 3. The molecule has 2 aromatic rings. The average molecular weight is 295 g/mol. The zero-order chi connectivity index (χ0) is 14.8. The molecule has 1 heterocycles. The van der Waals surface area contributed by atoms with E-state index in [9.17, 15) is 9.18 Å². The molecule has 0 bridgehead atoms. The third-order valence-electron chi connectivity index (χ3n) is 2.71. The number of hydrogen-bond acceptors (Lipinski definition) is 3. The summed E-state index contributed by atoms with van der Waals surface area (Å²) in [5.41, 5.74) is 0.0808. The van der Waals surface area contributed by atoms with Gasteiger partial charge < -0.3 is 10.1 Å². The standard InChI is InChI=1S/C15H18FNO2S/c1-15(2,3)19-14(18)17-8-6-10-4-5-12-11(13(10)16)7-9-20-12/h4-5,7,9H,6,8H2,1-3H3,(H,17,18). The Bertz CT molecular complexity index is 616. The second-order valence-corrected chi connectivity index (χ2v) is 6.50. The number of thiophene rings is 1. The zero-order valence-electron chi connectivity index (χ0n) is 11.8. The molecule has 0 saturated heterocycles. The molecule has 0 atom stereocenters. The van der Waals surface area contributed by atoms with E-state index in [0.29, 0.717) is 23.9 Å². The van der Waals surface area contributed by atoms with Gasteiger partial charge in [0.2, 0.25) is 0 Å². The van der Waals surface area contributed by atoms with E-state index in [2.05, 4.69) is 5.32 Å². The van der Waals surface area contributed by atoms with Crippen molar-refractivity contribution in [2.75, 3.05) is 6.54 Å². The Morgan fingerprint density at radius 1 is 1.35 bits per heavy atom. The number of amides is 1. The van der Waals surface area contributed by atoms with Crippen molar-refractivity contribution in [2.24, 2.45) is 0 Å². The molecule has 5 heteroatoms. The van der Waals surface area contributed by atoms with Crippen molar-refractivity contribution in [1.29, 1.82) is 0 Å². The van der Waals surface area contributed by atoms with Gasteiger partial charge in [0, 0.05) is 16.6 Å². The van der Waals surface area contributed by atoms with Crippen LogP contribution in [0.3, 0.4) is 0 Å². The molecule has 0 unspecified atom stereocenters. The monoisotopic (exact) mass is 295 g/mol. The van der Waals surface area contributed by atoms with Crippen LogP contribution >= 0.6 is 11.3 Å². The van der Waals surface area contributed by atoms with E-state index >= 15 is 0 Å². The summed E-state index contributed by atoms with van der Waals surface area (Å²) >= 11 is 1.52. The lowest BCUT2D eigenvalue weighted by atomic mass is 10.1. The van der Waals surface area contributed by atoms with Gasteiger partial charge in [0.15, 0.2) is 0 Å². The maximum absolute atomic E-state index is 14.2. The van der Waals surface area contributed by atoms with E-state index < -0.39 is 11.7 Å². The molecule has 2 rings (SSSR count). The van der Waals surface area contributed by atoms with Crippen molar-refractivity contribution in [3.05, 3.63) is 35.0 Å². The Labute approximate surface area is 121 Å². The summed E-state index contributed by atoms with van der Waals surface area (Å²) in [4.78, 5) is 11.5. The summed E-state index contributed by atoms with van der Waals surface area (Å²) in [5, 5.41) is 5.15. The van der Waals surface area contributed by atoms with Crippen molar-refractivity contribution in [3.8, 4) is 0 Å². The number of benzene rings is 1. The number of fused-ring (bicyclic) bond motifs is 1. The first-order valence-corrected chi connectivity index (χ1v) is 7.36. The lowest BCUT2D eigenvalue weighted by Crippen LogP contribution is -2.33. The highest BCUT2D eigenvalue weighted by Gasteiger charge is 2.16. The molecule has 0 saturated carbocycles. The number of carbonyl (C=O) groups is 1. The van der Waals surface area contributed by atoms with E-state index in [4.69, 9.17) is 4.74 Å². The van der Waals surface area contributed by atoms with Gasteiger partial charge in [-0.2, -0.15) is 0 Å². The van der Waals surface area contributed by atoms with Gasteiger partial charge >= 0.3 is 6.09 Å². The molecule has 0 fully saturated rings. The highest BCUT2D eigenvalue weighted by atomic mass is 32.1.